The highest BCUT2D eigenvalue weighted by Crippen LogP contribution is 2.09. The van der Waals surface area contributed by atoms with Gasteiger partial charge in [0, 0.05) is 18.3 Å². The summed E-state index contributed by atoms with van der Waals surface area (Å²) in [5.41, 5.74) is -0.339. The fourth-order valence-electron chi connectivity index (χ4n) is 1.04. The van der Waals surface area contributed by atoms with Crippen LogP contribution in [0.15, 0.2) is 22.9 Å². The molecule has 0 saturated heterocycles. The predicted molar refractivity (Wildman–Crippen MR) is 65.2 cm³/mol. The zero-order valence-electron chi connectivity index (χ0n) is 9.33. The molecule has 16 heavy (non-hydrogen) atoms. The fraction of sp³-hybridized carbons (Fsp3) is 0.455. The van der Waals surface area contributed by atoms with Crippen molar-refractivity contribution in [3.05, 3.63) is 28.5 Å². The van der Waals surface area contributed by atoms with Crippen LogP contribution in [0, 0.1) is 0 Å². The van der Waals surface area contributed by atoms with E-state index in [0.29, 0.717) is 16.6 Å². The SMILES string of the molecule is CCC(C)(O)CNC(=O)c1ccnc(Br)c1. The van der Waals surface area contributed by atoms with E-state index in [2.05, 4.69) is 26.2 Å². The number of aliphatic hydroxyl groups is 1. The summed E-state index contributed by atoms with van der Waals surface area (Å²) in [5, 5.41) is 12.4. The summed E-state index contributed by atoms with van der Waals surface area (Å²) in [4.78, 5) is 15.6. The van der Waals surface area contributed by atoms with Gasteiger partial charge in [-0.2, -0.15) is 0 Å². The highest BCUT2D eigenvalue weighted by atomic mass is 79.9. The van der Waals surface area contributed by atoms with Crippen molar-refractivity contribution < 1.29 is 9.90 Å². The lowest BCUT2D eigenvalue weighted by atomic mass is 10.0. The monoisotopic (exact) mass is 286 g/mol. The fourth-order valence-corrected chi connectivity index (χ4v) is 1.41. The quantitative estimate of drug-likeness (QED) is 0.829. The highest BCUT2D eigenvalue weighted by Gasteiger charge is 2.18. The molecular weight excluding hydrogens is 272 g/mol. The zero-order valence-corrected chi connectivity index (χ0v) is 10.9. The summed E-state index contributed by atoms with van der Waals surface area (Å²) in [6.45, 7) is 3.80. The minimum Gasteiger partial charge on any atom is -0.388 e. The maximum atomic E-state index is 11.7. The van der Waals surface area contributed by atoms with Gasteiger partial charge in [0.05, 0.1) is 5.60 Å². The second-order valence-electron chi connectivity index (χ2n) is 3.90. The van der Waals surface area contributed by atoms with Crippen LogP contribution in [0.5, 0.6) is 0 Å². The molecule has 0 bridgehead atoms. The number of nitrogens with one attached hydrogen (secondary N) is 1. The molecule has 0 aliphatic rings. The second-order valence-corrected chi connectivity index (χ2v) is 4.71. The summed E-state index contributed by atoms with van der Waals surface area (Å²) in [5.74, 6) is -0.211. The van der Waals surface area contributed by atoms with Gasteiger partial charge in [0.25, 0.3) is 5.91 Å². The Bertz CT molecular complexity index is 380. The van der Waals surface area contributed by atoms with Crippen molar-refractivity contribution >= 4 is 21.8 Å². The van der Waals surface area contributed by atoms with Crippen LogP contribution in [0.2, 0.25) is 0 Å². The maximum Gasteiger partial charge on any atom is 0.251 e. The average molecular weight is 287 g/mol. The van der Waals surface area contributed by atoms with Gasteiger partial charge in [-0.05, 0) is 41.4 Å². The van der Waals surface area contributed by atoms with Gasteiger partial charge in [0.1, 0.15) is 4.60 Å². The molecule has 0 aliphatic heterocycles. The minimum absolute atomic E-state index is 0.211. The van der Waals surface area contributed by atoms with Crippen molar-refractivity contribution in [2.24, 2.45) is 0 Å². The summed E-state index contributed by atoms with van der Waals surface area (Å²) < 4.78 is 0.613. The van der Waals surface area contributed by atoms with Gasteiger partial charge in [-0.1, -0.05) is 6.92 Å². The number of pyridine rings is 1. The first-order valence-electron chi connectivity index (χ1n) is 5.07. The van der Waals surface area contributed by atoms with E-state index in [1.54, 1.807) is 25.3 Å². The van der Waals surface area contributed by atoms with E-state index < -0.39 is 5.60 Å². The van der Waals surface area contributed by atoms with E-state index in [4.69, 9.17) is 0 Å². The Balaban J connectivity index is 2.60. The van der Waals surface area contributed by atoms with Gasteiger partial charge >= 0.3 is 0 Å². The Hall–Kier alpha value is -0.940. The van der Waals surface area contributed by atoms with Gasteiger partial charge < -0.3 is 10.4 Å². The van der Waals surface area contributed by atoms with E-state index in [1.807, 2.05) is 6.92 Å². The third-order valence-electron chi connectivity index (χ3n) is 2.38. The Labute approximate surface area is 103 Å². The molecule has 1 aromatic rings. The highest BCUT2D eigenvalue weighted by molar-refractivity contribution is 9.10. The maximum absolute atomic E-state index is 11.7. The van der Waals surface area contributed by atoms with E-state index in [9.17, 15) is 9.90 Å². The van der Waals surface area contributed by atoms with Gasteiger partial charge in [-0.15, -0.1) is 0 Å². The normalized spacial score (nSPS) is 14.2. The summed E-state index contributed by atoms with van der Waals surface area (Å²) in [6.07, 6.45) is 2.14. The number of hydrogen-bond donors (Lipinski definition) is 2. The molecule has 1 heterocycles. The lowest BCUT2D eigenvalue weighted by Gasteiger charge is -2.21. The van der Waals surface area contributed by atoms with Crippen molar-refractivity contribution in [1.29, 1.82) is 0 Å². The largest absolute Gasteiger partial charge is 0.388 e. The first-order chi connectivity index (χ1) is 7.44. The molecule has 1 aromatic heterocycles. The molecule has 5 heteroatoms. The Morgan fingerprint density at radius 2 is 2.38 bits per heavy atom. The zero-order chi connectivity index (χ0) is 12.2. The number of carbonyl (C=O) groups excluding carboxylic acids is 1. The van der Waals surface area contributed by atoms with Crippen LogP contribution < -0.4 is 5.32 Å². The number of rotatable bonds is 4. The van der Waals surface area contributed by atoms with E-state index in [0.717, 1.165) is 0 Å². The van der Waals surface area contributed by atoms with E-state index >= 15 is 0 Å². The molecule has 4 nitrogen and oxygen atoms in total. The van der Waals surface area contributed by atoms with Crippen LogP contribution in [-0.4, -0.2) is 28.1 Å². The van der Waals surface area contributed by atoms with Crippen molar-refractivity contribution in [3.8, 4) is 0 Å². The van der Waals surface area contributed by atoms with Crippen molar-refractivity contribution in [1.82, 2.24) is 10.3 Å². The van der Waals surface area contributed by atoms with Crippen LogP contribution in [-0.2, 0) is 0 Å². The number of amides is 1. The summed E-state index contributed by atoms with van der Waals surface area (Å²) in [7, 11) is 0. The Morgan fingerprint density at radius 1 is 1.69 bits per heavy atom. The van der Waals surface area contributed by atoms with Crippen LogP contribution >= 0.6 is 15.9 Å². The first kappa shape index (κ1) is 13.1. The molecule has 88 valence electrons. The molecular formula is C11H15BrN2O2. The number of nitrogens with zero attached hydrogens (tertiary/aromatic N) is 1. The number of carbonyl (C=O) groups is 1. The van der Waals surface area contributed by atoms with Gasteiger partial charge in [0.15, 0.2) is 0 Å². The minimum atomic E-state index is -0.861. The molecule has 0 radical (unpaired) electrons. The molecule has 1 amide bonds. The molecule has 1 atom stereocenters. The van der Waals surface area contributed by atoms with Gasteiger partial charge in [0.2, 0.25) is 0 Å². The number of hydrogen-bond acceptors (Lipinski definition) is 3. The number of aromatic nitrogens is 1. The smallest absolute Gasteiger partial charge is 0.251 e. The molecule has 2 N–H and O–H groups in total. The van der Waals surface area contributed by atoms with Crippen LogP contribution in [0.25, 0.3) is 0 Å². The summed E-state index contributed by atoms with van der Waals surface area (Å²) >= 11 is 3.19. The molecule has 0 saturated carbocycles. The van der Waals surface area contributed by atoms with Gasteiger partial charge in [-0.25, -0.2) is 4.98 Å². The molecule has 0 aromatic carbocycles. The van der Waals surface area contributed by atoms with E-state index in [1.165, 1.54) is 0 Å². The Kier molecular flexibility index (Phi) is 4.44. The van der Waals surface area contributed by atoms with Crippen LogP contribution in [0.1, 0.15) is 30.6 Å². The van der Waals surface area contributed by atoms with E-state index in [-0.39, 0.29) is 12.5 Å². The first-order valence-corrected chi connectivity index (χ1v) is 5.86. The van der Waals surface area contributed by atoms with Crippen molar-refractivity contribution in [2.75, 3.05) is 6.54 Å². The number of halogens is 1. The van der Waals surface area contributed by atoms with Gasteiger partial charge in [-0.3, -0.25) is 4.79 Å². The summed E-state index contributed by atoms with van der Waals surface area (Å²) in [6, 6.07) is 3.26. The second kappa shape index (κ2) is 5.41. The van der Waals surface area contributed by atoms with Crippen LogP contribution in [0.4, 0.5) is 0 Å². The lowest BCUT2D eigenvalue weighted by molar-refractivity contribution is 0.0518. The van der Waals surface area contributed by atoms with Crippen molar-refractivity contribution in [3.63, 3.8) is 0 Å². The molecule has 0 aliphatic carbocycles. The average Bonchev–Trinajstić information content (AvgIpc) is 2.26. The molecule has 0 fully saturated rings. The molecule has 1 unspecified atom stereocenters. The predicted octanol–water partition coefficient (Wildman–Crippen LogP) is 1.73. The van der Waals surface area contributed by atoms with Crippen LogP contribution in [0.3, 0.4) is 0 Å². The standard InChI is InChI=1S/C11H15BrN2O2/c1-3-11(2,16)7-14-10(15)8-4-5-13-9(12)6-8/h4-6,16H,3,7H2,1-2H3,(H,14,15). The third kappa shape index (κ3) is 3.90. The lowest BCUT2D eigenvalue weighted by Crippen LogP contribution is -2.40. The topological polar surface area (TPSA) is 62.2 Å². The Morgan fingerprint density at radius 3 is 2.94 bits per heavy atom. The third-order valence-corrected chi connectivity index (χ3v) is 2.81. The van der Waals surface area contributed by atoms with Crippen molar-refractivity contribution in [2.45, 2.75) is 25.9 Å². The molecule has 0 spiro atoms. The molecule has 1 rings (SSSR count).